The highest BCUT2D eigenvalue weighted by Gasteiger charge is 2.22. The number of esters is 1. The average Bonchev–Trinajstić information content (AvgIpc) is 2.74. The van der Waals surface area contributed by atoms with Crippen LogP contribution in [0.4, 0.5) is 4.39 Å². The molecule has 86 valence electrons. The van der Waals surface area contributed by atoms with Crippen molar-refractivity contribution < 1.29 is 13.9 Å². The number of hydrogen-bond donors (Lipinski definition) is 0. The van der Waals surface area contributed by atoms with Crippen molar-refractivity contribution in [2.24, 2.45) is 0 Å². The van der Waals surface area contributed by atoms with E-state index >= 15 is 0 Å². The summed E-state index contributed by atoms with van der Waals surface area (Å²) >= 11 is 5.70. The average molecular weight is 244 g/mol. The van der Waals surface area contributed by atoms with Gasteiger partial charge in [-0.15, -0.1) is 0 Å². The number of halogens is 2. The highest BCUT2D eigenvalue weighted by molar-refractivity contribution is 6.32. The quantitative estimate of drug-likeness (QED) is 0.592. The minimum Gasteiger partial charge on any atom is -0.459 e. The van der Waals surface area contributed by atoms with E-state index in [1.165, 1.54) is 0 Å². The van der Waals surface area contributed by atoms with Crippen LogP contribution in [-0.4, -0.2) is 17.1 Å². The van der Waals surface area contributed by atoms with Gasteiger partial charge in [0, 0.05) is 0 Å². The summed E-state index contributed by atoms with van der Waals surface area (Å²) in [6, 6.07) is 1.05. The molecule has 1 aromatic heterocycles. The van der Waals surface area contributed by atoms with Gasteiger partial charge in [-0.2, -0.15) is 0 Å². The van der Waals surface area contributed by atoms with Crippen molar-refractivity contribution in [3.05, 3.63) is 28.8 Å². The molecule has 0 unspecified atom stereocenters. The van der Waals surface area contributed by atoms with Crippen LogP contribution in [0.2, 0.25) is 5.15 Å². The van der Waals surface area contributed by atoms with Crippen molar-refractivity contribution in [2.75, 3.05) is 0 Å². The van der Waals surface area contributed by atoms with Gasteiger partial charge in [0.25, 0.3) is 0 Å². The van der Waals surface area contributed by atoms with Gasteiger partial charge >= 0.3 is 5.97 Å². The minimum absolute atomic E-state index is 0.00596. The second kappa shape index (κ2) is 4.78. The smallest absolute Gasteiger partial charge is 0.341 e. The Bertz CT molecular complexity index is 405. The van der Waals surface area contributed by atoms with Crippen molar-refractivity contribution in [3.8, 4) is 0 Å². The fourth-order valence-corrected chi connectivity index (χ4v) is 1.97. The van der Waals surface area contributed by atoms with Gasteiger partial charge in [-0.05, 0) is 31.7 Å². The van der Waals surface area contributed by atoms with E-state index in [1.54, 1.807) is 0 Å². The lowest BCUT2D eigenvalue weighted by Gasteiger charge is -2.11. The number of carbonyl (C=O) groups excluding carboxylic acids is 1. The van der Waals surface area contributed by atoms with E-state index in [-0.39, 0.29) is 16.8 Å². The molecule has 16 heavy (non-hydrogen) atoms. The Morgan fingerprint density at radius 1 is 1.50 bits per heavy atom. The molecule has 1 fully saturated rings. The van der Waals surface area contributed by atoms with Gasteiger partial charge in [-0.1, -0.05) is 11.6 Å². The molecule has 0 radical (unpaired) electrons. The molecule has 0 aliphatic heterocycles. The number of rotatable bonds is 2. The summed E-state index contributed by atoms with van der Waals surface area (Å²) in [6.07, 6.45) is 4.76. The predicted molar refractivity (Wildman–Crippen MR) is 56.9 cm³/mol. The van der Waals surface area contributed by atoms with Crippen molar-refractivity contribution >= 4 is 17.6 Å². The molecule has 1 aliphatic carbocycles. The van der Waals surface area contributed by atoms with E-state index in [0.29, 0.717) is 0 Å². The monoisotopic (exact) mass is 243 g/mol. The number of ether oxygens (including phenoxy) is 1. The number of nitrogens with zero attached hydrogens (tertiary/aromatic N) is 1. The molecule has 1 aliphatic rings. The first-order chi connectivity index (χ1) is 7.66. The first kappa shape index (κ1) is 11.3. The number of pyridine rings is 1. The highest BCUT2D eigenvalue weighted by Crippen LogP contribution is 2.23. The summed E-state index contributed by atoms with van der Waals surface area (Å²) in [7, 11) is 0. The lowest BCUT2D eigenvalue weighted by Crippen LogP contribution is -2.15. The fourth-order valence-electron chi connectivity index (χ4n) is 1.79. The Labute approximate surface area is 97.6 Å². The van der Waals surface area contributed by atoms with Gasteiger partial charge in [-0.3, -0.25) is 0 Å². The molecule has 2 rings (SSSR count). The van der Waals surface area contributed by atoms with Crippen LogP contribution >= 0.6 is 11.6 Å². The van der Waals surface area contributed by atoms with Gasteiger partial charge in [0.15, 0.2) is 0 Å². The minimum atomic E-state index is -0.595. The maximum atomic E-state index is 12.9. The summed E-state index contributed by atoms with van der Waals surface area (Å²) in [5.74, 6) is -1.19. The van der Waals surface area contributed by atoms with Gasteiger partial charge in [-0.25, -0.2) is 14.2 Å². The van der Waals surface area contributed by atoms with E-state index in [0.717, 1.165) is 37.9 Å². The summed E-state index contributed by atoms with van der Waals surface area (Å²) < 4.78 is 18.1. The lowest BCUT2D eigenvalue weighted by molar-refractivity contribution is 0.0317. The zero-order valence-corrected chi connectivity index (χ0v) is 9.34. The van der Waals surface area contributed by atoms with E-state index in [9.17, 15) is 9.18 Å². The van der Waals surface area contributed by atoms with Crippen LogP contribution in [0.15, 0.2) is 12.3 Å². The van der Waals surface area contributed by atoms with Crippen molar-refractivity contribution in [1.82, 2.24) is 4.98 Å². The molecule has 0 amide bonds. The Morgan fingerprint density at radius 2 is 2.19 bits per heavy atom. The Hall–Kier alpha value is -1.16. The van der Waals surface area contributed by atoms with Gasteiger partial charge in [0.05, 0.1) is 11.8 Å². The molecule has 0 bridgehead atoms. The number of carbonyl (C=O) groups is 1. The molecule has 0 aromatic carbocycles. The maximum Gasteiger partial charge on any atom is 0.341 e. The molecular weight excluding hydrogens is 233 g/mol. The largest absolute Gasteiger partial charge is 0.459 e. The normalized spacial score (nSPS) is 16.4. The van der Waals surface area contributed by atoms with Crippen LogP contribution < -0.4 is 0 Å². The first-order valence-electron chi connectivity index (χ1n) is 5.19. The predicted octanol–water partition coefficient (Wildman–Crippen LogP) is 2.97. The third-order valence-corrected chi connectivity index (χ3v) is 2.90. The number of hydrogen-bond acceptors (Lipinski definition) is 3. The molecule has 0 spiro atoms. The third kappa shape index (κ3) is 2.50. The first-order valence-corrected chi connectivity index (χ1v) is 5.56. The topological polar surface area (TPSA) is 39.2 Å². The Balaban J connectivity index is 2.10. The summed E-state index contributed by atoms with van der Waals surface area (Å²) in [4.78, 5) is 15.2. The Kier molecular flexibility index (Phi) is 3.39. The molecule has 1 aromatic rings. The van der Waals surface area contributed by atoms with E-state index in [2.05, 4.69) is 4.98 Å². The molecule has 3 nitrogen and oxygen atoms in total. The SMILES string of the molecule is O=C(OC1CCCC1)c1cc(F)cnc1Cl. The number of aromatic nitrogens is 1. The van der Waals surface area contributed by atoms with Gasteiger partial charge in [0.1, 0.15) is 17.1 Å². The molecule has 1 saturated carbocycles. The van der Waals surface area contributed by atoms with Crippen molar-refractivity contribution in [1.29, 1.82) is 0 Å². The van der Waals surface area contributed by atoms with Crippen LogP contribution in [0.1, 0.15) is 36.0 Å². The lowest BCUT2D eigenvalue weighted by atomic mass is 10.2. The summed E-state index contributed by atoms with van der Waals surface area (Å²) in [5, 5.41) is -0.0237. The van der Waals surface area contributed by atoms with E-state index < -0.39 is 11.8 Å². The van der Waals surface area contributed by atoms with Gasteiger partial charge < -0.3 is 4.74 Å². The second-order valence-electron chi connectivity index (χ2n) is 3.80. The molecular formula is C11H11ClFNO2. The van der Waals surface area contributed by atoms with Crippen LogP contribution in [0.5, 0.6) is 0 Å². The molecule has 0 atom stereocenters. The van der Waals surface area contributed by atoms with Crippen LogP contribution in [-0.2, 0) is 4.74 Å². The second-order valence-corrected chi connectivity index (χ2v) is 4.16. The summed E-state index contributed by atoms with van der Waals surface area (Å²) in [6.45, 7) is 0. The van der Waals surface area contributed by atoms with Crippen molar-refractivity contribution in [3.63, 3.8) is 0 Å². The van der Waals surface area contributed by atoms with E-state index in [4.69, 9.17) is 16.3 Å². The molecule has 0 N–H and O–H groups in total. The maximum absolute atomic E-state index is 12.9. The highest BCUT2D eigenvalue weighted by atomic mass is 35.5. The molecule has 5 heteroatoms. The van der Waals surface area contributed by atoms with Gasteiger partial charge in [0.2, 0.25) is 0 Å². The molecule has 1 heterocycles. The van der Waals surface area contributed by atoms with Crippen LogP contribution in [0.25, 0.3) is 0 Å². The van der Waals surface area contributed by atoms with Crippen LogP contribution in [0, 0.1) is 5.82 Å². The van der Waals surface area contributed by atoms with Crippen LogP contribution in [0.3, 0.4) is 0 Å². The standard InChI is InChI=1S/C11H11ClFNO2/c12-10-9(5-7(13)6-14-10)11(15)16-8-3-1-2-4-8/h5-6,8H,1-4H2. The zero-order valence-electron chi connectivity index (χ0n) is 8.58. The zero-order chi connectivity index (χ0) is 11.5. The fraction of sp³-hybridized carbons (Fsp3) is 0.455. The van der Waals surface area contributed by atoms with Crippen molar-refractivity contribution in [2.45, 2.75) is 31.8 Å². The molecule has 0 saturated heterocycles. The Morgan fingerprint density at radius 3 is 2.88 bits per heavy atom. The third-order valence-electron chi connectivity index (χ3n) is 2.60. The summed E-state index contributed by atoms with van der Waals surface area (Å²) in [5.41, 5.74) is -0.00596. The van der Waals surface area contributed by atoms with E-state index in [1.807, 2.05) is 0 Å².